The number of nitrogens with one attached hydrogen (secondary N) is 1. The zero-order valence-electron chi connectivity index (χ0n) is 13.5. The molecule has 122 valence electrons. The molecular weight excluding hydrogens is 288 g/mol. The van der Waals surface area contributed by atoms with E-state index in [1.165, 1.54) is 11.1 Å². The molecule has 0 spiro atoms. The maximum absolute atomic E-state index is 11.9. The number of nitrogens with two attached hydrogens (primary N) is 1. The lowest BCUT2D eigenvalue weighted by Crippen LogP contribution is -2.44. The molecule has 0 aliphatic carbocycles. The number of hydrogen-bond acceptors (Lipinski definition) is 4. The van der Waals surface area contributed by atoms with Gasteiger partial charge in [0.15, 0.2) is 0 Å². The van der Waals surface area contributed by atoms with E-state index in [-0.39, 0.29) is 11.9 Å². The second kappa shape index (κ2) is 9.00. The first-order chi connectivity index (χ1) is 11.1. The highest BCUT2D eigenvalue weighted by Gasteiger charge is 2.15. The van der Waals surface area contributed by atoms with Gasteiger partial charge in [0.05, 0.1) is 6.04 Å². The highest BCUT2D eigenvalue weighted by atomic mass is 16.2. The zero-order chi connectivity index (χ0) is 16.5. The third kappa shape index (κ3) is 6.16. The van der Waals surface area contributed by atoms with Crippen molar-refractivity contribution in [1.82, 2.24) is 15.3 Å². The molecule has 3 N–H and O–H groups in total. The van der Waals surface area contributed by atoms with Crippen molar-refractivity contribution in [2.24, 2.45) is 5.73 Å². The maximum Gasteiger partial charge on any atom is 0.236 e. The second-order valence-electron chi connectivity index (χ2n) is 5.78. The lowest BCUT2D eigenvalue weighted by Gasteiger charge is -2.20. The van der Waals surface area contributed by atoms with E-state index < -0.39 is 6.04 Å². The van der Waals surface area contributed by atoms with Crippen molar-refractivity contribution in [3.05, 3.63) is 60.2 Å². The van der Waals surface area contributed by atoms with Gasteiger partial charge in [0.2, 0.25) is 5.91 Å². The number of carbonyl (C=O) groups excluding carboxylic acids is 1. The Labute approximate surface area is 137 Å². The summed E-state index contributed by atoms with van der Waals surface area (Å²) in [5, 5.41) is 3.06. The average molecular weight is 312 g/mol. The third-order valence-electron chi connectivity index (χ3n) is 3.82. The summed E-state index contributed by atoms with van der Waals surface area (Å²) in [5.74, 6) is -0.0977. The Morgan fingerprint density at radius 3 is 1.83 bits per heavy atom. The summed E-state index contributed by atoms with van der Waals surface area (Å²) < 4.78 is 0. The summed E-state index contributed by atoms with van der Waals surface area (Å²) in [5.41, 5.74) is 8.12. The fraction of sp³-hybridized carbons (Fsp3) is 0.389. The molecule has 0 saturated carbocycles. The molecule has 23 heavy (non-hydrogen) atoms. The van der Waals surface area contributed by atoms with Gasteiger partial charge in [-0.25, -0.2) is 0 Å². The van der Waals surface area contributed by atoms with E-state index in [2.05, 4.69) is 15.3 Å². The van der Waals surface area contributed by atoms with E-state index in [1.54, 1.807) is 31.7 Å². The summed E-state index contributed by atoms with van der Waals surface area (Å²) in [6, 6.07) is 7.65. The largest absolute Gasteiger partial charge is 0.352 e. The van der Waals surface area contributed by atoms with Crippen LogP contribution >= 0.6 is 0 Å². The average Bonchev–Trinajstić information content (AvgIpc) is 2.59. The van der Waals surface area contributed by atoms with Crippen LogP contribution in [0.15, 0.2) is 49.1 Å². The molecule has 2 aromatic rings. The fourth-order valence-corrected chi connectivity index (χ4v) is 2.40. The Kier molecular flexibility index (Phi) is 6.69. The van der Waals surface area contributed by atoms with Gasteiger partial charge in [-0.1, -0.05) is 0 Å². The van der Waals surface area contributed by atoms with Crippen molar-refractivity contribution >= 4 is 5.91 Å². The molecule has 1 unspecified atom stereocenters. The first-order valence-electron chi connectivity index (χ1n) is 7.99. The number of aryl methyl sites for hydroxylation is 2. The van der Waals surface area contributed by atoms with Crippen molar-refractivity contribution in [2.75, 3.05) is 0 Å². The summed E-state index contributed by atoms with van der Waals surface area (Å²) in [7, 11) is 0. The summed E-state index contributed by atoms with van der Waals surface area (Å²) in [4.78, 5) is 20.0. The van der Waals surface area contributed by atoms with Gasteiger partial charge in [0, 0.05) is 30.8 Å². The smallest absolute Gasteiger partial charge is 0.236 e. The minimum atomic E-state index is -0.487. The molecule has 2 rings (SSSR count). The van der Waals surface area contributed by atoms with E-state index >= 15 is 0 Å². The number of nitrogens with zero attached hydrogens (tertiary/aromatic N) is 2. The lowest BCUT2D eigenvalue weighted by molar-refractivity contribution is -0.122. The van der Waals surface area contributed by atoms with Gasteiger partial charge in [-0.15, -0.1) is 0 Å². The van der Waals surface area contributed by atoms with E-state index in [9.17, 15) is 4.79 Å². The quantitative estimate of drug-likeness (QED) is 0.780. The SMILES string of the molecule is CC(N)C(=O)NC(CCc1ccncc1)CCc1ccncc1. The van der Waals surface area contributed by atoms with Gasteiger partial charge < -0.3 is 11.1 Å². The van der Waals surface area contributed by atoms with E-state index in [1.807, 2.05) is 24.3 Å². The van der Waals surface area contributed by atoms with Gasteiger partial charge in [0.25, 0.3) is 0 Å². The summed E-state index contributed by atoms with van der Waals surface area (Å²) in [6.07, 6.45) is 10.8. The number of aromatic nitrogens is 2. The molecule has 2 aromatic heterocycles. The van der Waals surface area contributed by atoms with E-state index in [0.717, 1.165) is 25.7 Å². The molecule has 0 aromatic carbocycles. The molecule has 0 bridgehead atoms. The van der Waals surface area contributed by atoms with Crippen LogP contribution in [0.1, 0.15) is 30.9 Å². The van der Waals surface area contributed by atoms with Crippen LogP contribution in [0.25, 0.3) is 0 Å². The standard InChI is InChI=1S/C18H24N4O/c1-14(19)18(23)22-17(4-2-15-6-10-20-11-7-15)5-3-16-8-12-21-13-9-16/h6-14,17H,2-5,19H2,1H3,(H,22,23). The summed E-state index contributed by atoms with van der Waals surface area (Å²) in [6.45, 7) is 1.71. The Morgan fingerprint density at radius 2 is 1.43 bits per heavy atom. The minimum absolute atomic E-state index is 0.0977. The second-order valence-corrected chi connectivity index (χ2v) is 5.78. The molecule has 0 saturated heterocycles. The van der Waals surface area contributed by atoms with Crippen LogP contribution in [-0.2, 0) is 17.6 Å². The van der Waals surface area contributed by atoms with Crippen molar-refractivity contribution in [1.29, 1.82) is 0 Å². The number of hydrogen-bond donors (Lipinski definition) is 2. The van der Waals surface area contributed by atoms with E-state index in [4.69, 9.17) is 5.73 Å². The van der Waals surface area contributed by atoms with E-state index in [0.29, 0.717) is 0 Å². The van der Waals surface area contributed by atoms with Crippen molar-refractivity contribution < 1.29 is 4.79 Å². The monoisotopic (exact) mass is 312 g/mol. The molecule has 0 radical (unpaired) electrons. The Bertz CT molecular complexity index is 543. The first kappa shape index (κ1) is 17.1. The van der Waals surface area contributed by atoms with Gasteiger partial charge in [-0.05, 0) is 68.0 Å². The molecular formula is C18H24N4O. The number of amides is 1. The van der Waals surface area contributed by atoms with Crippen molar-refractivity contribution in [3.8, 4) is 0 Å². The molecule has 5 nitrogen and oxygen atoms in total. The minimum Gasteiger partial charge on any atom is -0.352 e. The Balaban J connectivity index is 1.92. The predicted octanol–water partition coefficient (Wildman–Crippen LogP) is 1.87. The third-order valence-corrected chi connectivity index (χ3v) is 3.82. The van der Waals surface area contributed by atoms with Crippen LogP contribution in [0.4, 0.5) is 0 Å². The highest BCUT2D eigenvalue weighted by molar-refractivity contribution is 5.81. The van der Waals surface area contributed by atoms with Crippen molar-refractivity contribution in [2.45, 2.75) is 44.7 Å². The summed E-state index contributed by atoms with van der Waals surface area (Å²) >= 11 is 0. The first-order valence-corrected chi connectivity index (χ1v) is 7.99. The molecule has 0 aliphatic rings. The topological polar surface area (TPSA) is 80.9 Å². The van der Waals surface area contributed by atoms with Crippen LogP contribution in [0.5, 0.6) is 0 Å². The van der Waals surface area contributed by atoms with Crippen LogP contribution < -0.4 is 11.1 Å². The molecule has 5 heteroatoms. The predicted molar refractivity (Wildman–Crippen MR) is 90.7 cm³/mol. The zero-order valence-corrected chi connectivity index (χ0v) is 13.5. The van der Waals surface area contributed by atoms with Crippen LogP contribution in [0.2, 0.25) is 0 Å². The van der Waals surface area contributed by atoms with Crippen LogP contribution in [0, 0.1) is 0 Å². The number of pyridine rings is 2. The molecule has 0 fully saturated rings. The Hall–Kier alpha value is -2.27. The highest BCUT2D eigenvalue weighted by Crippen LogP contribution is 2.10. The Morgan fingerprint density at radius 1 is 1.00 bits per heavy atom. The number of rotatable bonds is 8. The van der Waals surface area contributed by atoms with Gasteiger partial charge >= 0.3 is 0 Å². The van der Waals surface area contributed by atoms with Gasteiger partial charge in [0.1, 0.15) is 0 Å². The van der Waals surface area contributed by atoms with Crippen LogP contribution in [-0.4, -0.2) is 28.0 Å². The van der Waals surface area contributed by atoms with Crippen molar-refractivity contribution in [3.63, 3.8) is 0 Å². The molecule has 1 atom stereocenters. The fourth-order valence-electron chi connectivity index (χ4n) is 2.40. The maximum atomic E-state index is 11.9. The normalized spacial score (nSPS) is 12.1. The number of carbonyl (C=O) groups is 1. The molecule has 0 aliphatic heterocycles. The van der Waals surface area contributed by atoms with Gasteiger partial charge in [-0.2, -0.15) is 0 Å². The lowest BCUT2D eigenvalue weighted by atomic mass is 9.99. The molecule has 1 amide bonds. The molecule has 2 heterocycles. The van der Waals surface area contributed by atoms with Gasteiger partial charge in [-0.3, -0.25) is 14.8 Å². The van der Waals surface area contributed by atoms with Crippen LogP contribution in [0.3, 0.4) is 0 Å².